The molecule has 2 atom stereocenters. The first-order valence-electron chi connectivity index (χ1n) is 6.37. The molecule has 1 heterocycles. The summed E-state index contributed by atoms with van der Waals surface area (Å²) >= 11 is 0. The van der Waals surface area contributed by atoms with E-state index in [9.17, 15) is 9.59 Å². The topological polar surface area (TPSA) is 83.6 Å². The SMILES string of the molecule is NC(CC(=O)N1CCCCC1C(=O)O)C1CC1. The van der Waals surface area contributed by atoms with Crippen molar-refractivity contribution in [1.82, 2.24) is 4.90 Å². The monoisotopic (exact) mass is 240 g/mol. The van der Waals surface area contributed by atoms with Crippen LogP contribution in [-0.4, -0.2) is 40.5 Å². The van der Waals surface area contributed by atoms with Crippen LogP contribution in [-0.2, 0) is 9.59 Å². The van der Waals surface area contributed by atoms with Gasteiger partial charge in [0.25, 0.3) is 0 Å². The smallest absolute Gasteiger partial charge is 0.326 e. The van der Waals surface area contributed by atoms with E-state index in [0.717, 1.165) is 25.7 Å². The van der Waals surface area contributed by atoms with Crippen molar-refractivity contribution >= 4 is 11.9 Å². The van der Waals surface area contributed by atoms with Crippen LogP contribution in [0.4, 0.5) is 0 Å². The van der Waals surface area contributed by atoms with E-state index in [-0.39, 0.29) is 11.9 Å². The number of hydrogen-bond acceptors (Lipinski definition) is 3. The highest BCUT2D eigenvalue weighted by molar-refractivity contribution is 5.84. The Morgan fingerprint density at radius 2 is 2.00 bits per heavy atom. The van der Waals surface area contributed by atoms with Crippen molar-refractivity contribution in [3.8, 4) is 0 Å². The molecule has 3 N–H and O–H groups in total. The maximum Gasteiger partial charge on any atom is 0.326 e. The molecule has 0 aromatic rings. The van der Waals surface area contributed by atoms with E-state index < -0.39 is 12.0 Å². The number of carboxylic acid groups (broad SMARTS) is 1. The van der Waals surface area contributed by atoms with Crippen molar-refractivity contribution in [3.05, 3.63) is 0 Å². The molecule has 2 fully saturated rings. The summed E-state index contributed by atoms with van der Waals surface area (Å²) in [5.41, 5.74) is 5.91. The van der Waals surface area contributed by atoms with E-state index in [1.807, 2.05) is 0 Å². The predicted molar refractivity (Wildman–Crippen MR) is 62.3 cm³/mol. The minimum Gasteiger partial charge on any atom is -0.480 e. The van der Waals surface area contributed by atoms with Crippen LogP contribution >= 0.6 is 0 Å². The van der Waals surface area contributed by atoms with Gasteiger partial charge in [-0.15, -0.1) is 0 Å². The van der Waals surface area contributed by atoms with Crippen molar-refractivity contribution < 1.29 is 14.7 Å². The lowest BCUT2D eigenvalue weighted by molar-refractivity contribution is -0.152. The number of piperidine rings is 1. The van der Waals surface area contributed by atoms with E-state index in [0.29, 0.717) is 25.3 Å². The lowest BCUT2D eigenvalue weighted by atomic mass is 10.0. The van der Waals surface area contributed by atoms with Crippen molar-refractivity contribution in [3.63, 3.8) is 0 Å². The third-order valence-electron chi connectivity index (χ3n) is 3.75. The average Bonchev–Trinajstić information content (AvgIpc) is 3.12. The van der Waals surface area contributed by atoms with Crippen LogP contribution in [0.2, 0.25) is 0 Å². The van der Waals surface area contributed by atoms with Gasteiger partial charge in [-0.2, -0.15) is 0 Å². The standard InChI is InChI=1S/C12H20N2O3/c13-9(8-4-5-8)7-11(15)14-6-2-1-3-10(14)12(16)17/h8-10H,1-7,13H2,(H,16,17). The summed E-state index contributed by atoms with van der Waals surface area (Å²) in [5.74, 6) is -0.499. The maximum absolute atomic E-state index is 12.0. The van der Waals surface area contributed by atoms with Crippen LogP contribution in [0.1, 0.15) is 38.5 Å². The summed E-state index contributed by atoms with van der Waals surface area (Å²) in [6.07, 6.45) is 4.87. The van der Waals surface area contributed by atoms with E-state index in [2.05, 4.69) is 0 Å². The lowest BCUT2D eigenvalue weighted by Crippen LogP contribution is -2.49. The summed E-state index contributed by atoms with van der Waals surface area (Å²) in [5, 5.41) is 9.09. The second-order valence-corrected chi connectivity index (χ2v) is 5.14. The molecule has 96 valence electrons. The normalized spacial score (nSPS) is 26.6. The number of carbonyl (C=O) groups excluding carboxylic acids is 1. The Balaban J connectivity index is 1.92. The number of nitrogens with zero attached hydrogens (tertiary/aromatic N) is 1. The Hall–Kier alpha value is -1.10. The number of rotatable bonds is 4. The molecule has 1 amide bonds. The minimum atomic E-state index is -0.891. The Labute approximate surface area is 101 Å². The summed E-state index contributed by atoms with van der Waals surface area (Å²) in [6, 6.07) is -0.721. The largest absolute Gasteiger partial charge is 0.480 e. The van der Waals surface area contributed by atoms with Gasteiger partial charge in [-0.3, -0.25) is 4.79 Å². The molecule has 17 heavy (non-hydrogen) atoms. The van der Waals surface area contributed by atoms with Crippen molar-refractivity contribution in [2.24, 2.45) is 11.7 Å². The molecule has 1 saturated heterocycles. The van der Waals surface area contributed by atoms with Gasteiger partial charge < -0.3 is 15.7 Å². The predicted octanol–water partition coefficient (Wildman–Crippen LogP) is 0.579. The fraction of sp³-hybridized carbons (Fsp3) is 0.833. The molecule has 2 aliphatic rings. The highest BCUT2D eigenvalue weighted by Gasteiger charge is 2.35. The van der Waals surface area contributed by atoms with Gasteiger partial charge in [0.15, 0.2) is 0 Å². The second-order valence-electron chi connectivity index (χ2n) is 5.14. The third-order valence-corrected chi connectivity index (χ3v) is 3.75. The molecular formula is C12H20N2O3. The molecule has 5 nitrogen and oxygen atoms in total. The molecule has 0 spiro atoms. The zero-order valence-electron chi connectivity index (χ0n) is 9.97. The highest BCUT2D eigenvalue weighted by Crippen LogP contribution is 2.33. The molecular weight excluding hydrogens is 220 g/mol. The molecule has 1 saturated carbocycles. The van der Waals surface area contributed by atoms with Gasteiger partial charge in [0.05, 0.1) is 0 Å². The van der Waals surface area contributed by atoms with Gasteiger partial charge >= 0.3 is 5.97 Å². The van der Waals surface area contributed by atoms with Gasteiger partial charge in [0, 0.05) is 19.0 Å². The molecule has 1 aliphatic carbocycles. The van der Waals surface area contributed by atoms with Crippen LogP contribution in [0.3, 0.4) is 0 Å². The summed E-state index contributed by atoms with van der Waals surface area (Å²) in [7, 11) is 0. The molecule has 0 aromatic carbocycles. The lowest BCUT2D eigenvalue weighted by Gasteiger charge is -2.33. The van der Waals surface area contributed by atoms with Crippen LogP contribution in [0, 0.1) is 5.92 Å². The first-order valence-corrected chi connectivity index (χ1v) is 6.37. The number of aliphatic carboxylic acids is 1. The van der Waals surface area contributed by atoms with Crippen LogP contribution in [0.25, 0.3) is 0 Å². The number of carbonyl (C=O) groups is 2. The first kappa shape index (κ1) is 12.4. The van der Waals surface area contributed by atoms with Crippen molar-refractivity contribution in [2.45, 2.75) is 50.6 Å². The highest BCUT2D eigenvalue weighted by atomic mass is 16.4. The fourth-order valence-electron chi connectivity index (χ4n) is 2.50. The Morgan fingerprint density at radius 1 is 1.29 bits per heavy atom. The number of hydrogen-bond donors (Lipinski definition) is 2. The van der Waals surface area contributed by atoms with Crippen LogP contribution in [0.5, 0.6) is 0 Å². The molecule has 2 rings (SSSR count). The quantitative estimate of drug-likeness (QED) is 0.753. The van der Waals surface area contributed by atoms with E-state index in [1.165, 1.54) is 4.90 Å². The maximum atomic E-state index is 12.0. The van der Waals surface area contributed by atoms with Gasteiger partial charge in [-0.25, -0.2) is 4.79 Å². The van der Waals surface area contributed by atoms with E-state index in [1.54, 1.807) is 0 Å². The van der Waals surface area contributed by atoms with E-state index in [4.69, 9.17) is 10.8 Å². The molecule has 1 aliphatic heterocycles. The molecule has 0 bridgehead atoms. The molecule has 0 radical (unpaired) electrons. The number of likely N-dealkylation sites (tertiary alicyclic amines) is 1. The Bertz CT molecular complexity index is 315. The van der Waals surface area contributed by atoms with Gasteiger partial charge in [0.2, 0.25) is 5.91 Å². The van der Waals surface area contributed by atoms with Crippen molar-refractivity contribution in [1.29, 1.82) is 0 Å². The van der Waals surface area contributed by atoms with Gasteiger partial charge in [-0.05, 0) is 38.0 Å². The van der Waals surface area contributed by atoms with Gasteiger partial charge in [-0.1, -0.05) is 0 Å². The average molecular weight is 240 g/mol. The van der Waals surface area contributed by atoms with E-state index >= 15 is 0 Å². The Morgan fingerprint density at radius 3 is 2.59 bits per heavy atom. The molecule has 0 aromatic heterocycles. The first-order chi connectivity index (χ1) is 8.09. The number of nitrogens with two attached hydrogens (primary N) is 1. The zero-order valence-corrected chi connectivity index (χ0v) is 9.97. The summed E-state index contributed by atoms with van der Waals surface area (Å²) in [4.78, 5) is 24.6. The fourth-order valence-corrected chi connectivity index (χ4v) is 2.50. The minimum absolute atomic E-state index is 0.0844. The number of amides is 1. The summed E-state index contributed by atoms with van der Waals surface area (Å²) in [6.45, 7) is 0.563. The second kappa shape index (κ2) is 5.04. The molecule has 2 unspecified atom stereocenters. The zero-order chi connectivity index (χ0) is 12.4. The van der Waals surface area contributed by atoms with Crippen LogP contribution in [0.15, 0.2) is 0 Å². The van der Waals surface area contributed by atoms with Gasteiger partial charge in [0.1, 0.15) is 6.04 Å². The third kappa shape index (κ3) is 2.97. The van der Waals surface area contributed by atoms with Crippen molar-refractivity contribution in [2.75, 3.05) is 6.54 Å². The Kier molecular flexibility index (Phi) is 3.66. The number of carboxylic acids is 1. The van der Waals surface area contributed by atoms with Crippen LogP contribution < -0.4 is 5.73 Å². The molecule has 5 heteroatoms. The summed E-state index contributed by atoms with van der Waals surface area (Å²) < 4.78 is 0.